The zero-order chi connectivity index (χ0) is 35.9. The van der Waals surface area contributed by atoms with Crippen molar-refractivity contribution in [2.45, 2.75) is 102 Å². The van der Waals surface area contributed by atoms with Crippen LogP contribution in [0.2, 0.25) is 0 Å². The first kappa shape index (κ1) is 38.5. The molecule has 1 fully saturated rings. The van der Waals surface area contributed by atoms with E-state index in [2.05, 4.69) is 5.32 Å². The van der Waals surface area contributed by atoms with Crippen molar-refractivity contribution >= 4 is 18.0 Å². The fraction of sp³-hybridized carbons (Fsp3) is 0.529. The Balaban J connectivity index is 1.82. The number of halogens is 6. The molecule has 0 saturated carbocycles. The molecule has 0 spiro atoms. The minimum absolute atomic E-state index is 0.0246. The quantitative estimate of drug-likeness (QED) is 0.0615. The van der Waals surface area contributed by atoms with Gasteiger partial charge in [0.05, 0.1) is 6.61 Å². The van der Waals surface area contributed by atoms with Crippen molar-refractivity contribution in [2.24, 2.45) is 0 Å². The summed E-state index contributed by atoms with van der Waals surface area (Å²) in [4.78, 5) is 26.9. The fourth-order valence-corrected chi connectivity index (χ4v) is 5.54. The summed E-state index contributed by atoms with van der Waals surface area (Å²) in [6.07, 6.45) is -3.92. The van der Waals surface area contributed by atoms with Crippen molar-refractivity contribution in [2.75, 3.05) is 13.2 Å². The Morgan fingerprint density at radius 1 is 0.896 bits per heavy atom. The summed E-state index contributed by atoms with van der Waals surface area (Å²) in [5, 5.41) is 32.2. The summed E-state index contributed by atoms with van der Waals surface area (Å²) < 4.78 is 88.8. The summed E-state index contributed by atoms with van der Waals surface area (Å²) in [6, 6.07) is 4.43. The van der Waals surface area contributed by atoms with Crippen molar-refractivity contribution in [1.29, 1.82) is 0 Å². The largest absolute Gasteiger partial charge is 0.504 e. The van der Waals surface area contributed by atoms with E-state index in [1.54, 1.807) is 13.0 Å². The minimum atomic E-state index is -6.05. The van der Waals surface area contributed by atoms with Gasteiger partial charge in [0.1, 0.15) is 11.3 Å². The second-order valence-corrected chi connectivity index (χ2v) is 12.0. The van der Waals surface area contributed by atoms with Crippen LogP contribution in [0.3, 0.4) is 0 Å². The third-order valence-corrected chi connectivity index (χ3v) is 8.32. The molecule has 0 radical (unpaired) electrons. The maximum atomic E-state index is 13.8. The van der Waals surface area contributed by atoms with Gasteiger partial charge in [-0.05, 0) is 74.4 Å². The van der Waals surface area contributed by atoms with Gasteiger partial charge in [-0.25, -0.2) is 4.79 Å². The number of carbonyl (C=O) groups is 2. The lowest BCUT2D eigenvalue weighted by Crippen LogP contribution is -2.54. The lowest BCUT2D eigenvalue weighted by atomic mass is 9.87. The average Bonchev–Trinajstić information content (AvgIpc) is 3.22. The highest BCUT2D eigenvalue weighted by molar-refractivity contribution is 6.07. The third kappa shape index (κ3) is 8.19. The monoisotopic (exact) mass is 688 g/mol. The summed E-state index contributed by atoms with van der Waals surface area (Å²) in [5.41, 5.74) is -7.67. The highest BCUT2D eigenvalue weighted by Gasteiger charge is 2.71. The number of ether oxygens (including phenoxy) is 1. The molecule has 1 saturated heterocycles. The topological polar surface area (TPSA) is 119 Å². The van der Waals surface area contributed by atoms with Crippen LogP contribution in [0.1, 0.15) is 94.4 Å². The normalized spacial score (nSPS) is 17.4. The Morgan fingerprint density at radius 2 is 1.58 bits per heavy atom. The highest BCUT2D eigenvalue weighted by Crippen LogP contribution is 2.51. The lowest BCUT2D eigenvalue weighted by Gasteiger charge is -2.33. The van der Waals surface area contributed by atoms with Crippen LogP contribution in [0, 0.1) is 0 Å². The molecule has 2 aromatic carbocycles. The van der Waals surface area contributed by atoms with Gasteiger partial charge in [0.15, 0.2) is 11.5 Å². The molecule has 1 aliphatic rings. The van der Waals surface area contributed by atoms with Crippen molar-refractivity contribution in [3.05, 3.63) is 58.7 Å². The Bertz CT molecular complexity index is 1460. The van der Waals surface area contributed by atoms with E-state index >= 15 is 0 Å². The standard InChI is InChI=1S/C34H42F6N2O6/c1-4-6-7-8-9-10-14-23-20-25(32(47,33(35,36)37)34(38,39)40)19-22(13-5-2)28(23)48-18-12-11-17-42-29(45)31(3,41-30(42)46)24-15-16-26(43)27(44)21-24/h10,14-16,19-21,43-44,47H,4-9,11-13,17-18H2,1-3H3,(H,41,46)/b14-10+. The van der Waals surface area contributed by atoms with Gasteiger partial charge in [-0.1, -0.05) is 57.7 Å². The third-order valence-electron chi connectivity index (χ3n) is 8.32. The van der Waals surface area contributed by atoms with Crippen LogP contribution in [-0.4, -0.2) is 57.7 Å². The smallest absolute Gasteiger partial charge is 0.430 e. The Kier molecular flexibility index (Phi) is 12.5. The van der Waals surface area contributed by atoms with Crippen molar-refractivity contribution < 1.29 is 56.0 Å². The number of phenolic OH excluding ortho intramolecular Hbond substituents is 2. The number of aryl methyl sites for hydroxylation is 1. The molecule has 3 amide bonds. The molecule has 1 heterocycles. The first-order valence-electron chi connectivity index (χ1n) is 15.9. The number of hydrogen-bond donors (Lipinski definition) is 4. The summed E-state index contributed by atoms with van der Waals surface area (Å²) in [6.45, 7) is 5.12. The molecule has 2 aromatic rings. The molecule has 1 aliphatic heterocycles. The van der Waals surface area contributed by atoms with Crippen LogP contribution in [-0.2, 0) is 22.4 Å². The SMILES string of the molecule is CCCCCC/C=C/c1cc(C(O)(C(F)(F)F)C(F)(F)F)cc(CCC)c1OCCCCN1C(=O)NC(C)(c2ccc(O)c(O)c2)C1=O. The van der Waals surface area contributed by atoms with E-state index in [4.69, 9.17) is 4.74 Å². The van der Waals surface area contributed by atoms with Gasteiger partial charge < -0.3 is 25.4 Å². The second kappa shape index (κ2) is 15.5. The molecule has 14 heteroatoms. The summed E-state index contributed by atoms with van der Waals surface area (Å²) in [7, 11) is 0. The van der Waals surface area contributed by atoms with Gasteiger partial charge in [0.25, 0.3) is 11.5 Å². The van der Waals surface area contributed by atoms with Gasteiger partial charge in [-0.2, -0.15) is 26.3 Å². The Labute approximate surface area is 275 Å². The van der Waals surface area contributed by atoms with Gasteiger partial charge in [0.2, 0.25) is 0 Å². The Morgan fingerprint density at radius 3 is 2.19 bits per heavy atom. The number of nitrogens with zero attached hydrogens (tertiary/aromatic N) is 1. The molecule has 3 rings (SSSR count). The van der Waals surface area contributed by atoms with Crippen LogP contribution in [0.4, 0.5) is 31.1 Å². The van der Waals surface area contributed by atoms with E-state index in [0.717, 1.165) is 30.6 Å². The van der Waals surface area contributed by atoms with Crippen molar-refractivity contribution in [3.63, 3.8) is 0 Å². The number of urea groups is 1. The number of carbonyl (C=O) groups excluding carboxylic acids is 2. The van der Waals surface area contributed by atoms with Gasteiger partial charge in [-0.15, -0.1) is 0 Å². The van der Waals surface area contributed by atoms with E-state index in [0.29, 0.717) is 25.0 Å². The fourth-order valence-electron chi connectivity index (χ4n) is 5.54. The number of unbranched alkanes of at least 4 members (excludes halogenated alkanes) is 5. The number of nitrogens with one attached hydrogen (secondary N) is 1. The number of phenols is 2. The van der Waals surface area contributed by atoms with Crippen molar-refractivity contribution in [3.8, 4) is 17.2 Å². The van der Waals surface area contributed by atoms with Gasteiger partial charge in [-0.3, -0.25) is 9.69 Å². The second-order valence-electron chi connectivity index (χ2n) is 12.0. The van der Waals surface area contributed by atoms with Crippen LogP contribution in [0.15, 0.2) is 36.4 Å². The number of aliphatic hydroxyl groups is 1. The number of alkyl halides is 6. The maximum absolute atomic E-state index is 13.8. The average molecular weight is 689 g/mol. The van der Waals surface area contributed by atoms with E-state index in [-0.39, 0.29) is 54.9 Å². The molecular weight excluding hydrogens is 646 g/mol. The van der Waals surface area contributed by atoms with Crippen LogP contribution in [0.25, 0.3) is 6.08 Å². The van der Waals surface area contributed by atoms with Gasteiger partial charge >= 0.3 is 18.4 Å². The maximum Gasteiger partial charge on any atom is 0.430 e. The Hall–Kier alpha value is -3.94. The molecule has 1 atom stereocenters. The van der Waals surface area contributed by atoms with E-state index in [1.165, 1.54) is 31.2 Å². The number of imide groups is 1. The van der Waals surface area contributed by atoms with E-state index in [9.17, 15) is 51.3 Å². The number of amides is 3. The lowest BCUT2D eigenvalue weighted by molar-refractivity contribution is -0.376. The van der Waals surface area contributed by atoms with Gasteiger partial charge in [0, 0.05) is 17.7 Å². The molecule has 8 nitrogen and oxygen atoms in total. The van der Waals surface area contributed by atoms with Crippen LogP contribution in [0.5, 0.6) is 17.2 Å². The molecule has 0 bridgehead atoms. The minimum Gasteiger partial charge on any atom is -0.504 e. The number of allylic oxidation sites excluding steroid dienone is 1. The van der Waals surface area contributed by atoms with Crippen molar-refractivity contribution in [1.82, 2.24) is 10.2 Å². The predicted molar refractivity (Wildman–Crippen MR) is 166 cm³/mol. The number of hydrogen-bond acceptors (Lipinski definition) is 6. The molecule has 1 unspecified atom stereocenters. The first-order chi connectivity index (χ1) is 22.4. The van der Waals surface area contributed by atoms with Crippen LogP contribution < -0.4 is 10.1 Å². The molecule has 0 aliphatic carbocycles. The summed E-state index contributed by atoms with van der Waals surface area (Å²) >= 11 is 0. The number of benzene rings is 2. The molecule has 48 heavy (non-hydrogen) atoms. The molecular formula is C34H42F6N2O6. The zero-order valence-corrected chi connectivity index (χ0v) is 27.1. The molecule has 4 N–H and O–H groups in total. The van der Waals surface area contributed by atoms with Crippen LogP contribution >= 0.6 is 0 Å². The first-order valence-corrected chi connectivity index (χ1v) is 15.9. The number of aromatic hydroxyl groups is 2. The number of rotatable bonds is 16. The zero-order valence-electron chi connectivity index (χ0n) is 27.1. The van der Waals surface area contributed by atoms with E-state index in [1.807, 2.05) is 6.92 Å². The molecule has 266 valence electrons. The predicted octanol–water partition coefficient (Wildman–Crippen LogP) is 7.97. The summed E-state index contributed by atoms with van der Waals surface area (Å²) in [5.74, 6) is -1.36. The highest BCUT2D eigenvalue weighted by atomic mass is 19.4. The van der Waals surface area contributed by atoms with E-state index < -0.39 is 52.5 Å². The molecule has 0 aromatic heterocycles.